The zero-order valence-corrected chi connectivity index (χ0v) is 17.0. The summed E-state index contributed by atoms with van der Waals surface area (Å²) in [4.78, 5) is 28.4. The van der Waals surface area contributed by atoms with Crippen molar-refractivity contribution in [1.29, 1.82) is 0 Å². The third kappa shape index (κ3) is 21.6. The van der Waals surface area contributed by atoms with Crippen molar-refractivity contribution >= 4 is 13.6 Å². The van der Waals surface area contributed by atoms with Gasteiger partial charge >= 0.3 is 13.6 Å². The lowest BCUT2D eigenvalue weighted by Crippen LogP contribution is -2.10. The van der Waals surface area contributed by atoms with E-state index in [0.717, 1.165) is 19.3 Å². The van der Waals surface area contributed by atoms with Crippen molar-refractivity contribution in [1.82, 2.24) is 0 Å². The second kappa shape index (κ2) is 17.1. The minimum atomic E-state index is -4.29. The molecule has 0 bridgehead atoms. The fraction of sp³-hybridized carbons (Fsp3) is 0.947. The van der Waals surface area contributed by atoms with Gasteiger partial charge in [0.1, 0.15) is 6.16 Å². The maximum absolute atomic E-state index is 11.1. The minimum Gasteiger partial charge on any atom is -0.465 e. The molecule has 0 aromatic rings. The quantitative estimate of drug-likeness (QED) is 0.185. The summed E-state index contributed by atoms with van der Waals surface area (Å²) >= 11 is 0. The summed E-state index contributed by atoms with van der Waals surface area (Å²) in [6, 6.07) is 0. The van der Waals surface area contributed by atoms with Gasteiger partial charge in [-0.2, -0.15) is 0 Å². The smallest absolute Gasteiger partial charge is 0.336 e. The molecule has 0 unspecified atom stereocenters. The fourth-order valence-electron chi connectivity index (χ4n) is 2.87. The molecule has 0 saturated heterocycles. The maximum Gasteiger partial charge on any atom is 0.336 e. The molecule has 2 N–H and O–H groups in total. The molecule has 0 spiro atoms. The molecule has 6 heteroatoms. The lowest BCUT2D eigenvalue weighted by atomic mass is 10.0. The third-order valence-electron chi connectivity index (χ3n) is 4.35. The summed E-state index contributed by atoms with van der Waals surface area (Å²) in [5, 5.41) is 0. The van der Waals surface area contributed by atoms with Crippen LogP contribution >= 0.6 is 7.60 Å². The Balaban J connectivity index is 3.14. The van der Waals surface area contributed by atoms with Gasteiger partial charge in [0.25, 0.3) is 0 Å². The SMILES string of the molecule is CCCCCCCCCCCCCCCCCOC(=O)CP(=O)(O)O. The van der Waals surface area contributed by atoms with Crippen LogP contribution in [-0.2, 0) is 14.1 Å². The Labute approximate surface area is 154 Å². The number of carbonyl (C=O) groups excluding carboxylic acids is 1. The van der Waals surface area contributed by atoms with Gasteiger partial charge in [-0.3, -0.25) is 9.36 Å². The number of ether oxygens (including phenoxy) is 1. The van der Waals surface area contributed by atoms with Crippen LogP contribution in [0, 0.1) is 0 Å². The molecule has 0 aliphatic rings. The molecule has 0 radical (unpaired) electrons. The minimum absolute atomic E-state index is 0.261. The Bertz CT molecular complexity index is 354. The Morgan fingerprint density at radius 2 is 1.08 bits per heavy atom. The van der Waals surface area contributed by atoms with E-state index in [2.05, 4.69) is 6.92 Å². The molecule has 0 fully saturated rings. The molecule has 0 rings (SSSR count). The highest BCUT2D eigenvalue weighted by Gasteiger charge is 2.19. The number of hydrogen-bond donors (Lipinski definition) is 2. The molecule has 0 aliphatic heterocycles. The predicted octanol–water partition coefficient (Wildman–Crippen LogP) is 5.58. The normalized spacial score (nSPS) is 11.6. The number of rotatable bonds is 18. The van der Waals surface area contributed by atoms with Crippen LogP contribution in [0.1, 0.15) is 103 Å². The van der Waals surface area contributed by atoms with Gasteiger partial charge in [-0.1, -0.05) is 96.8 Å². The molecule has 150 valence electrons. The molecular formula is C19H39O5P. The van der Waals surface area contributed by atoms with Crippen molar-refractivity contribution in [3.63, 3.8) is 0 Å². The van der Waals surface area contributed by atoms with Gasteiger partial charge in [-0.05, 0) is 6.42 Å². The highest BCUT2D eigenvalue weighted by Crippen LogP contribution is 2.33. The van der Waals surface area contributed by atoms with Crippen molar-refractivity contribution < 1.29 is 23.9 Å². The first-order chi connectivity index (χ1) is 12.0. The first-order valence-electron chi connectivity index (χ1n) is 10.2. The highest BCUT2D eigenvalue weighted by molar-refractivity contribution is 7.52. The monoisotopic (exact) mass is 378 g/mol. The van der Waals surface area contributed by atoms with Gasteiger partial charge in [-0.25, -0.2) is 0 Å². The van der Waals surface area contributed by atoms with Crippen molar-refractivity contribution in [3.8, 4) is 0 Å². The fourth-order valence-corrected chi connectivity index (χ4v) is 3.30. The first-order valence-corrected chi connectivity index (χ1v) is 12.0. The largest absolute Gasteiger partial charge is 0.465 e. The standard InChI is InChI=1S/C19H39O5P/c1-2-3-4-5-6-7-8-9-10-11-12-13-14-15-16-17-24-19(20)18-25(21,22)23/h2-18H2,1H3,(H2,21,22,23). The number of esters is 1. The van der Waals surface area contributed by atoms with Gasteiger partial charge in [0, 0.05) is 0 Å². The maximum atomic E-state index is 11.1. The summed E-state index contributed by atoms with van der Waals surface area (Å²) < 4.78 is 15.4. The second-order valence-corrected chi connectivity index (χ2v) is 8.64. The average molecular weight is 378 g/mol. The summed E-state index contributed by atoms with van der Waals surface area (Å²) in [6.45, 7) is 2.52. The Morgan fingerprint density at radius 1 is 0.720 bits per heavy atom. The van der Waals surface area contributed by atoms with Crippen LogP contribution in [0.2, 0.25) is 0 Å². The first kappa shape index (κ1) is 24.6. The summed E-state index contributed by atoms with van der Waals surface area (Å²) in [6.07, 6.45) is 18.3. The van der Waals surface area contributed by atoms with Crippen LogP contribution in [-0.4, -0.2) is 28.5 Å². The zero-order valence-electron chi connectivity index (χ0n) is 16.1. The van der Waals surface area contributed by atoms with Crippen LogP contribution in [0.25, 0.3) is 0 Å². The van der Waals surface area contributed by atoms with Crippen molar-refractivity contribution in [2.75, 3.05) is 12.8 Å². The van der Waals surface area contributed by atoms with Crippen LogP contribution in [0.5, 0.6) is 0 Å². The topological polar surface area (TPSA) is 83.8 Å². The number of hydrogen-bond acceptors (Lipinski definition) is 3. The van der Waals surface area contributed by atoms with E-state index in [1.807, 2.05) is 0 Å². The summed E-state index contributed by atoms with van der Waals surface area (Å²) in [7, 11) is -4.29. The molecule has 0 aliphatic carbocycles. The average Bonchev–Trinajstić information content (AvgIpc) is 2.53. The molecule has 25 heavy (non-hydrogen) atoms. The Kier molecular flexibility index (Phi) is 16.8. The zero-order chi connectivity index (χ0) is 18.8. The lowest BCUT2D eigenvalue weighted by molar-refractivity contribution is -0.140. The second-order valence-electron chi connectivity index (χ2n) is 6.99. The van der Waals surface area contributed by atoms with Crippen LogP contribution in [0.4, 0.5) is 0 Å². The molecule has 0 aromatic carbocycles. The van der Waals surface area contributed by atoms with Crippen molar-refractivity contribution in [3.05, 3.63) is 0 Å². The Morgan fingerprint density at radius 3 is 1.44 bits per heavy atom. The molecule has 0 heterocycles. The number of carbonyl (C=O) groups is 1. The highest BCUT2D eigenvalue weighted by atomic mass is 31.2. The van der Waals surface area contributed by atoms with E-state index in [9.17, 15) is 9.36 Å². The van der Waals surface area contributed by atoms with Gasteiger partial charge in [-0.15, -0.1) is 0 Å². The van der Waals surface area contributed by atoms with E-state index in [1.165, 1.54) is 77.0 Å². The molecule has 0 amide bonds. The van der Waals surface area contributed by atoms with Gasteiger partial charge in [0.15, 0.2) is 0 Å². The van der Waals surface area contributed by atoms with Crippen molar-refractivity contribution in [2.24, 2.45) is 0 Å². The molecule has 0 saturated carbocycles. The lowest BCUT2D eigenvalue weighted by Gasteiger charge is -2.06. The van der Waals surface area contributed by atoms with Crippen LogP contribution in [0.15, 0.2) is 0 Å². The van der Waals surface area contributed by atoms with Gasteiger partial charge < -0.3 is 14.5 Å². The van der Waals surface area contributed by atoms with E-state index < -0.39 is 19.7 Å². The van der Waals surface area contributed by atoms with E-state index in [4.69, 9.17) is 14.5 Å². The van der Waals surface area contributed by atoms with Crippen LogP contribution < -0.4 is 0 Å². The molecule has 0 aromatic heterocycles. The van der Waals surface area contributed by atoms with Crippen molar-refractivity contribution in [2.45, 2.75) is 103 Å². The summed E-state index contributed by atoms with van der Waals surface area (Å²) in [5.41, 5.74) is 0. The van der Waals surface area contributed by atoms with E-state index in [0.29, 0.717) is 0 Å². The van der Waals surface area contributed by atoms with E-state index >= 15 is 0 Å². The number of unbranched alkanes of at least 4 members (excludes halogenated alkanes) is 14. The molecule has 0 atom stereocenters. The molecule has 5 nitrogen and oxygen atoms in total. The van der Waals surface area contributed by atoms with E-state index in [1.54, 1.807) is 0 Å². The van der Waals surface area contributed by atoms with Gasteiger partial charge in [0.05, 0.1) is 6.61 Å². The summed E-state index contributed by atoms with van der Waals surface area (Å²) in [5.74, 6) is -0.807. The van der Waals surface area contributed by atoms with E-state index in [-0.39, 0.29) is 6.61 Å². The molecular weight excluding hydrogens is 339 g/mol. The third-order valence-corrected chi connectivity index (χ3v) is 5.02. The van der Waals surface area contributed by atoms with Crippen LogP contribution in [0.3, 0.4) is 0 Å². The van der Waals surface area contributed by atoms with Gasteiger partial charge in [0.2, 0.25) is 0 Å². The Hall–Kier alpha value is -0.380. The predicted molar refractivity (Wildman–Crippen MR) is 103 cm³/mol.